The molecule has 0 amide bonds. The molecule has 330 valence electrons. The van der Waals surface area contributed by atoms with Gasteiger partial charge in [-0.2, -0.15) is 0 Å². The molecule has 0 unspecified atom stereocenters. The lowest BCUT2D eigenvalue weighted by molar-refractivity contribution is -0.259. The summed E-state index contributed by atoms with van der Waals surface area (Å²) in [5.74, 6) is -3.23. The van der Waals surface area contributed by atoms with Gasteiger partial charge in [-0.3, -0.25) is 0 Å². The molecule has 0 aromatic heterocycles. The third kappa shape index (κ3) is 12.7. The number of fused-ring (bicyclic) bond motifs is 3. The van der Waals surface area contributed by atoms with Crippen LogP contribution in [0.3, 0.4) is 0 Å². The molecule has 61 heavy (non-hydrogen) atoms. The summed E-state index contributed by atoms with van der Waals surface area (Å²) >= 11 is 0. The van der Waals surface area contributed by atoms with Crippen LogP contribution in [0, 0.1) is 13.8 Å². The number of rotatable bonds is 30. The summed E-state index contributed by atoms with van der Waals surface area (Å²) in [5.41, 5.74) is 6.86. The van der Waals surface area contributed by atoms with Crippen LogP contribution in [-0.2, 0) is 56.5 Å². The van der Waals surface area contributed by atoms with Gasteiger partial charge in [0, 0.05) is 11.1 Å². The summed E-state index contributed by atoms with van der Waals surface area (Å²) in [7, 11) is 0. The predicted molar refractivity (Wildman–Crippen MR) is 220 cm³/mol. The van der Waals surface area contributed by atoms with Crippen molar-refractivity contribution in [3.8, 4) is 11.1 Å². The predicted octanol–water partition coefficient (Wildman–Crippen LogP) is 2.51. The molecule has 1 aliphatic rings. The standard InChI is InChI=1S/C47H58O14/c1-33-3-8-39-40-9-4-34(2)28-44(40)47(43(39)27-33,38-7-10-41(45(50)51)42(30-38)46(52)53)37-6-5-35(31-60-25-23-58-21-19-56-17-15-54-13-11-48)36(29-37)32-61-26-24-59-22-20-57-18-16-55-14-12-49/h3-10,27-30,48-49H,11-26,31-32H2,1-2H3,(H,50,51)(H,52,53)/p-2. The molecule has 0 spiro atoms. The number of carbonyl (C=O) groups is 2. The molecule has 4 aromatic rings. The van der Waals surface area contributed by atoms with E-state index in [-0.39, 0.29) is 39.6 Å². The van der Waals surface area contributed by atoms with Gasteiger partial charge in [-0.1, -0.05) is 77.9 Å². The van der Waals surface area contributed by atoms with E-state index in [0.717, 1.165) is 50.1 Å². The van der Waals surface area contributed by atoms with Gasteiger partial charge in [-0.15, -0.1) is 0 Å². The maximum Gasteiger partial charge on any atom is 0.0722 e. The number of hydrogen-bond donors (Lipinski definition) is 2. The molecule has 0 saturated heterocycles. The molecule has 0 atom stereocenters. The van der Waals surface area contributed by atoms with Gasteiger partial charge in [0.25, 0.3) is 0 Å². The second-order valence-corrected chi connectivity index (χ2v) is 14.4. The van der Waals surface area contributed by atoms with Crippen LogP contribution in [0.2, 0.25) is 0 Å². The summed E-state index contributed by atoms with van der Waals surface area (Å²) in [5, 5.41) is 42.2. The highest BCUT2D eigenvalue weighted by molar-refractivity contribution is 6.00. The Morgan fingerprint density at radius 3 is 1.30 bits per heavy atom. The number of carboxylic acids is 2. The van der Waals surface area contributed by atoms with E-state index < -0.39 is 28.5 Å². The minimum absolute atomic E-state index is 0.0297. The molecule has 4 aromatic carbocycles. The fourth-order valence-electron chi connectivity index (χ4n) is 7.41. The van der Waals surface area contributed by atoms with Crippen molar-refractivity contribution >= 4 is 11.9 Å². The largest absolute Gasteiger partial charge is 0.545 e. The Balaban J connectivity index is 1.42. The van der Waals surface area contributed by atoms with Crippen molar-refractivity contribution in [2.24, 2.45) is 0 Å². The van der Waals surface area contributed by atoms with Crippen LogP contribution in [-0.4, -0.2) is 128 Å². The Hall–Kier alpha value is -4.58. The van der Waals surface area contributed by atoms with Crippen molar-refractivity contribution in [1.82, 2.24) is 0 Å². The first-order valence-electron chi connectivity index (χ1n) is 20.5. The Kier molecular flexibility index (Phi) is 19.3. The van der Waals surface area contributed by atoms with Crippen molar-refractivity contribution in [1.29, 1.82) is 0 Å². The zero-order valence-corrected chi connectivity index (χ0v) is 34.9. The van der Waals surface area contributed by atoms with Crippen molar-refractivity contribution in [3.63, 3.8) is 0 Å². The van der Waals surface area contributed by atoms with Crippen molar-refractivity contribution in [2.45, 2.75) is 32.5 Å². The Morgan fingerprint density at radius 1 is 0.459 bits per heavy atom. The molecule has 0 radical (unpaired) electrons. The van der Waals surface area contributed by atoms with Crippen LogP contribution in [0.15, 0.2) is 72.8 Å². The van der Waals surface area contributed by atoms with Crippen LogP contribution in [0.5, 0.6) is 0 Å². The number of ether oxygens (including phenoxy) is 8. The van der Waals surface area contributed by atoms with Gasteiger partial charge in [0.05, 0.1) is 136 Å². The van der Waals surface area contributed by atoms with Gasteiger partial charge >= 0.3 is 0 Å². The number of hydrogen-bond acceptors (Lipinski definition) is 14. The second kappa shape index (κ2) is 24.8. The summed E-state index contributed by atoms with van der Waals surface area (Å²) in [6, 6.07) is 22.8. The maximum atomic E-state index is 12.5. The molecule has 0 heterocycles. The SMILES string of the molecule is Cc1ccc2c(c1)C(c1ccc(COCCOCCOCCOCCO)c(COCCOCCOCCOCCO)c1)(c1ccc(C(=O)[O-])c(C(=O)[O-])c1)c1cc(C)ccc1-2. The molecule has 0 fully saturated rings. The second-order valence-electron chi connectivity index (χ2n) is 14.4. The number of aryl methyl sites for hydroxylation is 2. The normalized spacial score (nSPS) is 12.7. The van der Waals surface area contributed by atoms with Crippen LogP contribution < -0.4 is 10.2 Å². The summed E-state index contributed by atoms with van der Waals surface area (Å²) < 4.78 is 45.0. The molecule has 1 aliphatic carbocycles. The first-order chi connectivity index (χ1) is 29.7. The molecule has 0 saturated carbocycles. The fraction of sp³-hybridized carbons (Fsp3) is 0.447. The lowest BCUT2D eigenvalue weighted by Gasteiger charge is -2.35. The van der Waals surface area contributed by atoms with E-state index in [1.807, 2.05) is 38.1 Å². The monoisotopic (exact) mass is 844 g/mol. The summed E-state index contributed by atoms with van der Waals surface area (Å²) in [6.45, 7) is 9.37. The topological polar surface area (TPSA) is 195 Å². The van der Waals surface area contributed by atoms with Crippen molar-refractivity contribution in [3.05, 3.63) is 128 Å². The van der Waals surface area contributed by atoms with Crippen LogP contribution in [0.1, 0.15) is 65.2 Å². The van der Waals surface area contributed by atoms with Crippen LogP contribution >= 0.6 is 0 Å². The number of aliphatic hydroxyl groups is 2. The number of aliphatic hydroxyl groups excluding tert-OH is 2. The first kappa shape index (κ1) is 47.5. The maximum absolute atomic E-state index is 12.5. The molecule has 14 nitrogen and oxygen atoms in total. The third-order valence-electron chi connectivity index (χ3n) is 10.2. The van der Waals surface area contributed by atoms with Gasteiger partial charge in [0.15, 0.2) is 0 Å². The minimum Gasteiger partial charge on any atom is -0.545 e. The Labute approximate surface area is 356 Å². The lowest BCUT2D eigenvalue weighted by atomic mass is 9.66. The fourth-order valence-corrected chi connectivity index (χ4v) is 7.41. The van der Waals surface area contributed by atoms with Gasteiger partial charge in [-0.25, -0.2) is 0 Å². The van der Waals surface area contributed by atoms with E-state index in [9.17, 15) is 19.8 Å². The van der Waals surface area contributed by atoms with Gasteiger partial charge in [-0.05, 0) is 64.4 Å². The number of carboxylic acid groups (broad SMARTS) is 2. The van der Waals surface area contributed by atoms with Crippen molar-refractivity contribution < 1.29 is 67.9 Å². The van der Waals surface area contributed by atoms with E-state index in [0.29, 0.717) is 84.8 Å². The zero-order chi connectivity index (χ0) is 43.5. The Bertz CT molecular complexity index is 1960. The molecular formula is C47H56O14-2. The van der Waals surface area contributed by atoms with Gasteiger partial charge in [0.1, 0.15) is 0 Å². The molecular weight excluding hydrogens is 789 g/mol. The average Bonchev–Trinajstić information content (AvgIpc) is 3.53. The van der Waals surface area contributed by atoms with E-state index >= 15 is 0 Å². The van der Waals surface area contributed by atoms with Crippen molar-refractivity contribution in [2.75, 3.05) is 106 Å². The van der Waals surface area contributed by atoms with Crippen LogP contribution in [0.4, 0.5) is 0 Å². The zero-order valence-electron chi connectivity index (χ0n) is 34.9. The smallest absolute Gasteiger partial charge is 0.0722 e. The average molecular weight is 845 g/mol. The van der Waals surface area contributed by atoms with E-state index in [4.69, 9.17) is 48.1 Å². The van der Waals surface area contributed by atoms with E-state index in [1.165, 1.54) is 12.1 Å². The third-order valence-corrected chi connectivity index (χ3v) is 10.2. The molecule has 14 heteroatoms. The summed E-state index contributed by atoms with van der Waals surface area (Å²) in [6.07, 6.45) is 0. The molecule has 0 aliphatic heterocycles. The quantitative estimate of drug-likeness (QED) is 0.0641. The van der Waals surface area contributed by atoms with Gasteiger partial charge < -0.3 is 67.9 Å². The highest BCUT2D eigenvalue weighted by atomic mass is 16.6. The molecule has 5 rings (SSSR count). The number of aromatic carboxylic acids is 2. The molecule has 2 N–H and O–H groups in total. The highest BCUT2D eigenvalue weighted by Crippen LogP contribution is 2.57. The minimum atomic E-state index is -1.62. The molecule has 0 bridgehead atoms. The summed E-state index contributed by atoms with van der Waals surface area (Å²) in [4.78, 5) is 24.6. The first-order valence-corrected chi connectivity index (χ1v) is 20.5. The van der Waals surface area contributed by atoms with Crippen LogP contribution in [0.25, 0.3) is 11.1 Å². The number of benzene rings is 4. The highest BCUT2D eigenvalue weighted by Gasteiger charge is 2.46. The van der Waals surface area contributed by atoms with E-state index in [1.54, 1.807) is 6.07 Å². The Morgan fingerprint density at radius 2 is 0.852 bits per heavy atom. The lowest BCUT2D eigenvalue weighted by Crippen LogP contribution is -2.33. The van der Waals surface area contributed by atoms with E-state index in [2.05, 4.69) is 30.3 Å². The number of carbonyl (C=O) groups excluding carboxylic acids is 2. The van der Waals surface area contributed by atoms with Gasteiger partial charge in [0.2, 0.25) is 0 Å².